The average molecular weight is 378 g/mol. The minimum atomic E-state index is -0.382. The molecule has 0 aliphatic rings. The van der Waals surface area contributed by atoms with Gasteiger partial charge in [0.2, 0.25) is 0 Å². The zero-order chi connectivity index (χ0) is 18.4. The Morgan fingerprint density at radius 1 is 1.12 bits per heavy atom. The van der Waals surface area contributed by atoms with Crippen LogP contribution in [0, 0.1) is 0 Å². The van der Waals surface area contributed by atoms with Gasteiger partial charge in [0.25, 0.3) is 11.8 Å². The number of anilines is 1. The summed E-state index contributed by atoms with van der Waals surface area (Å²) in [5, 5.41) is 3.18. The largest absolute Gasteiger partial charge is 0.340 e. The van der Waals surface area contributed by atoms with Crippen LogP contribution in [0.1, 0.15) is 20.8 Å². The van der Waals surface area contributed by atoms with Gasteiger partial charge >= 0.3 is 0 Å². The number of nitrogens with one attached hydrogen (secondary N) is 2. The highest BCUT2D eigenvalue weighted by atomic mass is 35.5. The second kappa shape index (κ2) is 8.55. The van der Waals surface area contributed by atoms with Crippen molar-refractivity contribution >= 4 is 40.7 Å². The number of rotatable bonds is 7. The number of hydrogen-bond acceptors (Lipinski definition) is 2. The molecule has 2 amide bonds. The van der Waals surface area contributed by atoms with Crippen LogP contribution in [-0.2, 0) is 0 Å². The van der Waals surface area contributed by atoms with E-state index < -0.39 is 0 Å². The van der Waals surface area contributed by atoms with Gasteiger partial charge in [-0.3, -0.25) is 9.59 Å². The molecule has 0 saturated heterocycles. The van der Waals surface area contributed by atoms with Crippen LogP contribution in [0.25, 0.3) is 0 Å². The monoisotopic (exact) mass is 377 g/mol. The molecule has 5 nitrogen and oxygen atoms in total. The summed E-state index contributed by atoms with van der Waals surface area (Å²) in [7, 11) is 0. The molecule has 7 heteroatoms. The summed E-state index contributed by atoms with van der Waals surface area (Å²) in [5.41, 5.74) is 1.30. The Morgan fingerprint density at radius 3 is 2.20 bits per heavy atom. The highest BCUT2D eigenvalue weighted by Crippen LogP contribution is 2.22. The van der Waals surface area contributed by atoms with Gasteiger partial charge in [-0.2, -0.15) is 0 Å². The molecule has 130 valence electrons. The molecule has 0 aliphatic heterocycles. The molecule has 1 heterocycles. The van der Waals surface area contributed by atoms with E-state index >= 15 is 0 Å². The Balaban J connectivity index is 2.08. The van der Waals surface area contributed by atoms with Crippen molar-refractivity contribution in [1.82, 2.24) is 9.88 Å². The van der Waals surface area contributed by atoms with Crippen LogP contribution in [0.2, 0.25) is 10.2 Å². The van der Waals surface area contributed by atoms with Crippen LogP contribution >= 0.6 is 23.2 Å². The van der Waals surface area contributed by atoms with Crippen LogP contribution in [0.3, 0.4) is 0 Å². The number of carbonyl (C=O) groups is 2. The van der Waals surface area contributed by atoms with Gasteiger partial charge in [-0.1, -0.05) is 35.4 Å². The van der Waals surface area contributed by atoms with Crippen molar-refractivity contribution in [2.24, 2.45) is 0 Å². The van der Waals surface area contributed by atoms with E-state index in [1.807, 2.05) is 0 Å². The topological polar surface area (TPSA) is 65.2 Å². The summed E-state index contributed by atoms with van der Waals surface area (Å²) >= 11 is 11.6. The minimum Gasteiger partial charge on any atom is -0.340 e. The van der Waals surface area contributed by atoms with Crippen LogP contribution < -0.4 is 5.32 Å². The number of aromatic nitrogens is 1. The standard InChI is InChI=1S/C18H17Cl2N3O2/c1-3-9-23(10-4-2)18(25)12-5-7-13(8-6-12)21-17(24)15-11-14(19)16(20)22-15/h3-8,11,22H,1-2,9-10H2,(H,21,24). The molecule has 0 radical (unpaired) electrons. The summed E-state index contributed by atoms with van der Waals surface area (Å²) in [4.78, 5) is 28.8. The lowest BCUT2D eigenvalue weighted by molar-refractivity contribution is 0.0790. The quantitative estimate of drug-likeness (QED) is 0.702. The molecule has 2 rings (SSSR count). The Hall–Kier alpha value is -2.50. The van der Waals surface area contributed by atoms with E-state index in [9.17, 15) is 9.59 Å². The Morgan fingerprint density at radius 2 is 1.72 bits per heavy atom. The predicted molar refractivity (Wildman–Crippen MR) is 102 cm³/mol. The third kappa shape index (κ3) is 4.75. The number of halogens is 2. The molecule has 1 aromatic heterocycles. The SMILES string of the molecule is C=CCN(CC=C)C(=O)c1ccc(NC(=O)c2cc(Cl)c(Cl)[nH]2)cc1. The summed E-state index contributed by atoms with van der Waals surface area (Å²) < 4.78 is 0. The van der Waals surface area contributed by atoms with Gasteiger partial charge in [0.15, 0.2) is 0 Å². The van der Waals surface area contributed by atoms with Crippen molar-refractivity contribution in [3.63, 3.8) is 0 Å². The first-order valence-electron chi connectivity index (χ1n) is 7.42. The highest BCUT2D eigenvalue weighted by Gasteiger charge is 2.14. The fourth-order valence-corrected chi connectivity index (χ4v) is 2.47. The maximum atomic E-state index is 12.4. The van der Waals surface area contributed by atoms with Gasteiger partial charge < -0.3 is 15.2 Å². The van der Waals surface area contributed by atoms with Crippen LogP contribution in [0.15, 0.2) is 55.6 Å². The lowest BCUT2D eigenvalue weighted by atomic mass is 10.1. The lowest BCUT2D eigenvalue weighted by Crippen LogP contribution is -2.31. The second-order valence-corrected chi connectivity index (χ2v) is 5.95. The van der Waals surface area contributed by atoms with E-state index in [4.69, 9.17) is 23.2 Å². The van der Waals surface area contributed by atoms with E-state index in [-0.39, 0.29) is 27.7 Å². The van der Waals surface area contributed by atoms with Gasteiger partial charge in [0.1, 0.15) is 10.8 Å². The molecule has 2 N–H and O–H groups in total. The van der Waals surface area contributed by atoms with Gasteiger partial charge in [0, 0.05) is 24.3 Å². The zero-order valence-corrected chi connectivity index (χ0v) is 14.9. The molecule has 0 aliphatic carbocycles. The number of aromatic amines is 1. The van der Waals surface area contributed by atoms with E-state index in [0.29, 0.717) is 24.3 Å². The lowest BCUT2D eigenvalue weighted by Gasteiger charge is -2.19. The highest BCUT2D eigenvalue weighted by molar-refractivity contribution is 6.41. The minimum absolute atomic E-state index is 0.138. The summed E-state index contributed by atoms with van der Waals surface area (Å²) in [6.07, 6.45) is 3.31. The van der Waals surface area contributed by atoms with Gasteiger partial charge in [-0.15, -0.1) is 13.2 Å². The molecule has 0 bridgehead atoms. The molecule has 2 aromatic rings. The molecule has 25 heavy (non-hydrogen) atoms. The Bertz CT molecular complexity index is 768. The maximum absolute atomic E-state index is 12.4. The van der Waals surface area contributed by atoms with Crippen molar-refractivity contribution in [2.45, 2.75) is 0 Å². The van der Waals surface area contributed by atoms with Crippen molar-refractivity contribution < 1.29 is 9.59 Å². The normalized spacial score (nSPS) is 10.2. The summed E-state index contributed by atoms with van der Waals surface area (Å²) in [6, 6.07) is 8.03. The van der Waals surface area contributed by atoms with E-state index in [2.05, 4.69) is 23.5 Å². The molecule has 0 atom stereocenters. The summed E-state index contributed by atoms with van der Waals surface area (Å²) in [5.74, 6) is -0.520. The van der Waals surface area contributed by atoms with Gasteiger partial charge in [0.05, 0.1) is 5.02 Å². The fourth-order valence-electron chi connectivity index (χ4n) is 2.16. The van der Waals surface area contributed by atoms with E-state index in [0.717, 1.165) is 0 Å². The number of amides is 2. The summed E-state index contributed by atoms with van der Waals surface area (Å²) in [6.45, 7) is 8.15. The van der Waals surface area contributed by atoms with Crippen LogP contribution in [-0.4, -0.2) is 34.8 Å². The van der Waals surface area contributed by atoms with Crippen LogP contribution in [0.5, 0.6) is 0 Å². The third-order valence-corrected chi connectivity index (χ3v) is 4.04. The van der Waals surface area contributed by atoms with Crippen LogP contribution in [0.4, 0.5) is 5.69 Å². The van der Waals surface area contributed by atoms with Crippen molar-refractivity contribution in [2.75, 3.05) is 18.4 Å². The van der Waals surface area contributed by atoms with Gasteiger partial charge in [-0.25, -0.2) is 0 Å². The number of nitrogens with zero attached hydrogens (tertiary/aromatic N) is 1. The molecule has 0 spiro atoms. The molecule has 0 saturated carbocycles. The van der Waals surface area contributed by atoms with E-state index in [1.54, 1.807) is 41.3 Å². The molecular formula is C18H17Cl2N3O2. The Labute approximate surface area is 155 Å². The molecular weight excluding hydrogens is 361 g/mol. The number of H-pyrrole nitrogens is 1. The van der Waals surface area contributed by atoms with Gasteiger partial charge in [-0.05, 0) is 30.3 Å². The first-order chi connectivity index (χ1) is 12.0. The first kappa shape index (κ1) is 18.8. The molecule has 1 aromatic carbocycles. The average Bonchev–Trinajstić information content (AvgIpc) is 2.94. The fraction of sp³-hybridized carbons (Fsp3) is 0.111. The van der Waals surface area contributed by atoms with Crippen molar-refractivity contribution in [1.29, 1.82) is 0 Å². The predicted octanol–water partition coefficient (Wildman–Crippen LogP) is 4.39. The number of hydrogen-bond donors (Lipinski definition) is 2. The zero-order valence-electron chi connectivity index (χ0n) is 13.4. The number of carbonyl (C=O) groups excluding carboxylic acids is 2. The molecule has 0 unspecified atom stereocenters. The van der Waals surface area contributed by atoms with Crippen molar-refractivity contribution in [3.8, 4) is 0 Å². The first-order valence-corrected chi connectivity index (χ1v) is 8.18. The number of benzene rings is 1. The van der Waals surface area contributed by atoms with E-state index in [1.165, 1.54) is 6.07 Å². The third-order valence-electron chi connectivity index (χ3n) is 3.35. The van der Waals surface area contributed by atoms with Crippen molar-refractivity contribution in [3.05, 3.63) is 77.1 Å². The second-order valence-electron chi connectivity index (χ2n) is 5.16. The molecule has 0 fully saturated rings. The smallest absolute Gasteiger partial charge is 0.272 e. The Kier molecular flexibility index (Phi) is 6.44. The maximum Gasteiger partial charge on any atom is 0.272 e.